The quantitative estimate of drug-likeness (QED) is 0.744. The van der Waals surface area contributed by atoms with E-state index in [9.17, 15) is 4.57 Å². The summed E-state index contributed by atoms with van der Waals surface area (Å²) in [6.07, 6.45) is 0. The molecule has 0 aliphatic rings. The van der Waals surface area contributed by atoms with Crippen LogP contribution in [0, 0.1) is 6.92 Å². The Labute approximate surface area is 128 Å². The molecule has 0 bridgehead atoms. The second-order valence-electron chi connectivity index (χ2n) is 6.08. The van der Waals surface area contributed by atoms with Crippen molar-refractivity contribution in [1.29, 1.82) is 0 Å². The van der Waals surface area contributed by atoms with Crippen molar-refractivity contribution in [1.82, 2.24) is 5.32 Å². The highest BCUT2D eigenvalue weighted by atomic mass is 31.2. The van der Waals surface area contributed by atoms with Crippen molar-refractivity contribution in [3.8, 4) is 0 Å². The minimum absolute atomic E-state index is 0.209. The van der Waals surface area contributed by atoms with Gasteiger partial charge in [-0.3, -0.25) is 9.88 Å². The second-order valence-corrected chi connectivity index (χ2v) is 8.20. The summed E-state index contributed by atoms with van der Waals surface area (Å²) in [6.45, 7) is 12.5. The van der Waals surface area contributed by atoms with Crippen LogP contribution in [0.25, 0.3) is 0 Å². The van der Waals surface area contributed by atoms with Crippen molar-refractivity contribution in [2.75, 3.05) is 13.2 Å². The number of rotatable bonds is 7. The Bertz CT molecular complexity index is 469. The monoisotopic (exact) mass is 313 g/mol. The fourth-order valence-electron chi connectivity index (χ4n) is 2.05. The molecular formula is C16H28NO3P. The highest BCUT2D eigenvalue weighted by Gasteiger charge is 2.38. The standard InChI is InChI=1S/C16H28NO3P/c1-7-19-21(18,20-8-2)15(17-16(4,5)6)14-11-9-13(3)10-12-14/h9-12,15,17H,7-8H2,1-6H3. The molecule has 0 heterocycles. The van der Waals surface area contributed by atoms with E-state index in [1.807, 2.05) is 65.8 Å². The molecule has 0 radical (unpaired) electrons. The number of hydrogen-bond acceptors (Lipinski definition) is 4. The number of nitrogens with one attached hydrogen (secondary N) is 1. The highest BCUT2D eigenvalue weighted by Crippen LogP contribution is 2.60. The predicted molar refractivity (Wildman–Crippen MR) is 87.7 cm³/mol. The molecule has 120 valence electrons. The number of aryl methyl sites for hydroxylation is 1. The largest absolute Gasteiger partial charge is 0.351 e. The molecule has 4 nitrogen and oxygen atoms in total. The van der Waals surface area contributed by atoms with Crippen molar-refractivity contribution in [2.45, 2.75) is 52.9 Å². The van der Waals surface area contributed by atoms with Crippen molar-refractivity contribution in [3.63, 3.8) is 0 Å². The van der Waals surface area contributed by atoms with Gasteiger partial charge >= 0.3 is 7.60 Å². The van der Waals surface area contributed by atoms with Crippen LogP contribution in [0.1, 0.15) is 51.5 Å². The SMILES string of the molecule is CCOP(=O)(OCC)C(NC(C)(C)C)c1ccc(C)cc1. The fourth-order valence-corrected chi connectivity index (χ4v) is 4.23. The van der Waals surface area contributed by atoms with E-state index in [0.29, 0.717) is 13.2 Å². The van der Waals surface area contributed by atoms with Crippen LogP contribution >= 0.6 is 7.60 Å². The van der Waals surface area contributed by atoms with Crippen LogP contribution < -0.4 is 5.32 Å². The van der Waals surface area contributed by atoms with E-state index in [0.717, 1.165) is 11.1 Å². The first kappa shape index (κ1) is 18.4. The van der Waals surface area contributed by atoms with Crippen molar-refractivity contribution in [3.05, 3.63) is 35.4 Å². The summed E-state index contributed by atoms with van der Waals surface area (Å²) in [4.78, 5) is 0. The van der Waals surface area contributed by atoms with Gasteiger partial charge in [0.25, 0.3) is 0 Å². The Kier molecular flexibility index (Phi) is 6.61. The molecule has 1 aromatic rings. The Hall–Kier alpha value is -0.670. The molecule has 0 saturated carbocycles. The first-order valence-electron chi connectivity index (χ1n) is 7.45. The molecule has 0 amide bonds. The summed E-state index contributed by atoms with van der Waals surface area (Å²) < 4.78 is 24.2. The third-order valence-corrected chi connectivity index (χ3v) is 5.19. The zero-order valence-corrected chi connectivity index (χ0v) is 14.9. The van der Waals surface area contributed by atoms with E-state index in [1.54, 1.807) is 0 Å². The lowest BCUT2D eigenvalue weighted by molar-refractivity contribution is 0.201. The first-order chi connectivity index (χ1) is 9.72. The van der Waals surface area contributed by atoms with Crippen LogP contribution in [0.2, 0.25) is 0 Å². The third-order valence-electron chi connectivity index (χ3n) is 2.90. The van der Waals surface area contributed by atoms with Gasteiger partial charge in [-0.15, -0.1) is 0 Å². The van der Waals surface area contributed by atoms with Crippen molar-refractivity contribution < 1.29 is 13.6 Å². The fraction of sp³-hybridized carbons (Fsp3) is 0.625. The molecule has 0 saturated heterocycles. The Morgan fingerprint density at radius 1 is 1.10 bits per heavy atom. The van der Waals surface area contributed by atoms with Crippen molar-refractivity contribution >= 4 is 7.60 Å². The van der Waals surface area contributed by atoms with Crippen LogP contribution in [0.5, 0.6) is 0 Å². The lowest BCUT2D eigenvalue weighted by Gasteiger charge is -2.33. The second kappa shape index (κ2) is 7.55. The summed E-state index contributed by atoms with van der Waals surface area (Å²) in [5, 5.41) is 3.39. The van der Waals surface area contributed by atoms with Gasteiger partial charge in [0, 0.05) is 5.54 Å². The van der Waals surface area contributed by atoms with Crippen LogP contribution in [-0.4, -0.2) is 18.8 Å². The van der Waals surface area contributed by atoms with E-state index in [2.05, 4.69) is 5.32 Å². The molecule has 0 fully saturated rings. The van der Waals surface area contributed by atoms with Gasteiger partial charge in [-0.1, -0.05) is 29.8 Å². The maximum Gasteiger partial charge on any atom is 0.351 e. The average molecular weight is 313 g/mol. The van der Waals surface area contributed by atoms with Gasteiger partial charge in [-0.25, -0.2) is 0 Å². The molecule has 0 aliphatic heterocycles. The maximum absolute atomic E-state index is 13.2. The molecule has 5 heteroatoms. The van der Waals surface area contributed by atoms with Crippen LogP contribution in [0.3, 0.4) is 0 Å². The zero-order chi connectivity index (χ0) is 16.1. The van der Waals surface area contributed by atoms with E-state index in [-0.39, 0.29) is 5.54 Å². The highest BCUT2D eigenvalue weighted by molar-refractivity contribution is 7.54. The Balaban J connectivity index is 3.22. The molecule has 1 N–H and O–H groups in total. The molecule has 1 atom stereocenters. The third kappa shape index (κ3) is 5.55. The minimum atomic E-state index is -3.27. The van der Waals surface area contributed by atoms with E-state index >= 15 is 0 Å². The number of benzene rings is 1. The molecule has 1 aromatic carbocycles. The van der Waals surface area contributed by atoms with Gasteiger partial charge in [-0.2, -0.15) is 0 Å². The average Bonchev–Trinajstić information content (AvgIpc) is 2.37. The molecule has 0 spiro atoms. The van der Waals surface area contributed by atoms with Gasteiger partial charge in [0.2, 0.25) is 0 Å². The van der Waals surface area contributed by atoms with Gasteiger partial charge in [0.1, 0.15) is 5.78 Å². The van der Waals surface area contributed by atoms with E-state index < -0.39 is 13.4 Å². The summed E-state index contributed by atoms with van der Waals surface area (Å²) in [5.74, 6) is -0.474. The lowest BCUT2D eigenvalue weighted by Crippen LogP contribution is -2.39. The first-order valence-corrected chi connectivity index (χ1v) is 9.06. The summed E-state index contributed by atoms with van der Waals surface area (Å²) in [5.41, 5.74) is 1.87. The zero-order valence-electron chi connectivity index (χ0n) is 14.0. The maximum atomic E-state index is 13.2. The summed E-state index contributed by atoms with van der Waals surface area (Å²) in [7, 11) is -3.27. The van der Waals surface area contributed by atoms with Crippen LogP contribution in [0.15, 0.2) is 24.3 Å². The van der Waals surface area contributed by atoms with Gasteiger partial charge in [0.05, 0.1) is 13.2 Å². The molecule has 1 rings (SSSR count). The van der Waals surface area contributed by atoms with Crippen LogP contribution in [0.4, 0.5) is 0 Å². The molecule has 21 heavy (non-hydrogen) atoms. The Morgan fingerprint density at radius 2 is 1.57 bits per heavy atom. The summed E-state index contributed by atoms with van der Waals surface area (Å²) in [6, 6.07) is 7.97. The molecule has 0 aromatic heterocycles. The van der Waals surface area contributed by atoms with E-state index in [1.165, 1.54) is 0 Å². The van der Waals surface area contributed by atoms with E-state index in [4.69, 9.17) is 9.05 Å². The smallest absolute Gasteiger partial charge is 0.308 e. The van der Waals surface area contributed by atoms with Gasteiger partial charge in [0.15, 0.2) is 0 Å². The molecular weight excluding hydrogens is 285 g/mol. The molecule has 0 aliphatic carbocycles. The predicted octanol–water partition coefficient (Wildman–Crippen LogP) is 4.65. The number of hydrogen-bond donors (Lipinski definition) is 1. The minimum Gasteiger partial charge on any atom is -0.308 e. The van der Waals surface area contributed by atoms with Crippen molar-refractivity contribution in [2.24, 2.45) is 0 Å². The van der Waals surface area contributed by atoms with Gasteiger partial charge in [-0.05, 0) is 47.1 Å². The lowest BCUT2D eigenvalue weighted by atomic mass is 10.1. The summed E-state index contributed by atoms with van der Waals surface area (Å²) >= 11 is 0. The molecule has 1 unspecified atom stereocenters. The normalized spacial score (nSPS) is 14.2. The topological polar surface area (TPSA) is 47.6 Å². The van der Waals surface area contributed by atoms with Gasteiger partial charge < -0.3 is 9.05 Å². The van der Waals surface area contributed by atoms with Crippen LogP contribution in [-0.2, 0) is 13.6 Å². The Morgan fingerprint density at radius 3 is 1.95 bits per heavy atom.